The summed E-state index contributed by atoms with van der Waals surface area (Å²) in [6.45, 7) is 2.85. The Balaban J connectivity index is 1.65. The molecule has 0 aliphatic carbocycles. The van der Waals surface area contributed by atoms with Gasteiger partial charge in [-0.1, -0.05) is 41.0 Å². The van der Waals surface area contributed by atoms with E-state index < -0.39 is 5.82 Å². The van der Waals surface area contributed by atoms with Crippen LogP contribution < -0.4 is 10.2 Å². The minimum atomic E-state index is -0.556. The average Bonchev–Trinajstić information content (AvgIpc) is 3.06. The predicted molar refractivity (Wildman–Crippen MR) is 108 cm³/mol. The summed E-state index contributed by atoms with van der Waals surface area (Å²) in [6, 6.07) is 14.3. The highest BCUT2D eigenvalue weighted by Gasteiger charge is 2.25. The third-order valence-electron chi connectivity index (χ3n) is 4.44. The Labute approximate surface area is 168 Å². The standard InChI is InChI=1S/C21H21ClFN3O2/c1-14-18(20(25-28-14)19-16(22)10-6-11-17(19)23)21(27)24-12-7-13-26(2)15-8-4-3-5-9-15/h3-6,8-11H,7,12-13H2,1-2H3,(H,24,27). The van der Waals surface area contributed by atoms with Crippen LogP contribution in [0.2, 0.25) is 5.02 Å². The summed E-state index contributed by atoms with van der Waals surface area (Å²) in [5, 5.41) is 6.88. The van der Waals surface area contributed by atoms with Crippen LogP contribution in [0.4, 0.5) is 10.1 Å². The zero-order valence-electron chi connectivity index (χ0n) is 15.7. The number of hydrogen-bond acceptors (Lipinski definition) is 4. The van der Waals surface area contributed by atoms with Gasteiger partial charge in [0, 0.05) is 25.8 Å². The van der Waals surface area contributed by atoms with Gasteiger partial charge in [0.2, 0.25) is 0 Å². The summed E-state index contributed by atoms with van der Waals surface area (Å²) in [6.07, 6.45) is 0.747. The second kappa shape index (κ2) is 8.89. The van der Waals surface area contributed by atoms with E-state index in [9.17, 15) is 9.18 Å². The maximum atomic E-state index is 14.2. The van der Waals surface area contributed by atoms with Crippen molar-refractivity contribution in [2.75, 3.05) is 25.0 Å². The maximum Gasteiger partial charge on any atom is 0.257 e. The second-order valence-corrected chi connectivity index (χ2v) is 6.83. The molecule has 0 atom stereocenters. The highest BCUT2D eigenvalue weighted by atomic mass is 35.5. The van der Waals surface area contributed by atoms with E-state index in [4.69, 9.17) is 16.1 Å². The fraction of sp³-hybridized carbons (Fsp3) is 0.238. The molecular formula is C21H21ClFN3O2. The number of benzene rings is 2. The van der Waals surface area contributed by atoms with Gasteiger partial charge in [0.15, 0.2) is 0 Å². The van der Waals surface area contributed by atoms with Crippen LogP contribution >= 0.6 is 11.6 Å². The highest BCUT2D eigenvalue weighted by molar-refractivity contribution is 6.33. The summed E-state index contributed by atoms with van der Waals surface area (Å²) in [4.78, 5) is 14.8. The van der Waals surface area contributed by atoms with Crippen molar-refractivity contribution in [3.05, 3.63) is 70.7 Å². The Morgan fingerprint density at radius 3 is 2.68 bits per heavy atom. The molecule has 0 saturated carbocycles. The molecule has 1 aromatic heterocycles. The number of carbonyl (C=O) groups excluding carboxylic acids is 1. The van der Waals surface area contributed by atoms with Gasteiger partial charge in [-0.2, -0.15) is 0 Å². The lowest BCUT2D eigenvalue weighted by molar-refractivity contribution is 0.0952. The smallest absolute Gasteiger partial charge is 0.257 e. The summed E-state index contributed by atoms with van der Waals surface area (Å²) in [7, 11) is 2.00. The van der Waals surface area contributed by atoms with E-state index in [1.54, 1.807) is 13.0 Å². The molecule has 2 aromatic carbocycles. The highest BCUT2D eigenvalue weighted by Crippen LogP contribution is 2.33. The molecule has 0 bridgehead atoms. The van der Waals surface area contributed by atoms with E-state index in [-0.39, 0.29) is 27.8 Å². The van der Waals surface area contributed by atoms with E-state index in [0.717, 1.165) is 18.7 Å². The molecule has 0 unspecified atom stereocenters. The van der Waals surface area contributed by atoms with Gasteiger partial charge < -0.3 is 14.7 Å². The quantitative estimate of drug-likeness (QED) is 0.583. The van der Waals surface area contributed by atoms with Crippen molar-refractivity contribution in [3.63, 3.8) is 0 Å². The van der Waals surface area contributed by atoms with Crippen LogP contribution in [0.15, 0.2) is 53.1 Å². The first-order valence-electron chi connectivity index (χ1n) is 8.94. The predicted octanol–water partition coefficient (Wildman–Crippen LogP) is 4.70. The number of hydrogen-bond donors (Lipinski definition) is 1. The molecule has 0 fully saturated rings. The van der Waals surface area contributed by atoms with Crippen molar-refractivity contribution in [3.8, 4) is 11.3 Å². The number of carbonyl (C=O) groups is 1. The van der Waals surface area contributed by atoms with Crippen molar-refractivity contribution < 1.29 is 13.7 Å². The van der Waals surface area contributed by atoms with Crippen LogP contribution in [-0.2, 0) is 0 Å². The van der Waals surface area contributed by atoms with E-state index in [1.165, 1.54) is 12.1 Å². The Hall–Kier alpha value is -2.86. The summed E-state index contributed by atoms with van der Waals surface area (Å²) < 4.78 is 19.4. The van der Waals surface area contributed by atoms with Gasteiger partial charge in [-0.15, -0.1) is 0 Å². The number of aromatic nitrogens is 1. The maximum absolute atomic E-state index is 14.2. The van der Waals surface area contributed by atoms with Crippen LogP contribution in [0.1, 0.15) is 22.5 Å². The van der Waals surface area contributed by atoms with Crippen LogP contribution in [-0.4, -0.2) is 31.2 Å². The van der Waals surface area contributed by atoms with Crippen molar-refractivity contribution >= 4 is 23.2 Å². The molecule has 0 aliphatic heterocycles. The molecule has 3 rings (SSSR count). The van der Waals surface area contributed by atoms with Crippen LogP contribution in [0.3, 0.4) is 0 Å². The first-order chi connectivity index (χ1) is 13.5. The molecule has 1 heterocycles. The minimum absolute atomic E-state index is 0.0648. The number of nitrogens with zero attached hydrogens (tertiary/aromatic N) is 2. The van der Waals surface area contributed by atoms with E-state index in [2.05, 4.69) is 15.4 Å². The molecule has 146 valence electrons. The van der Waals surface area contributed by atoms with Gasteiger partial charge in [-0.3, -0.25) is 4.79 Å². The van der Waals surface area contributed by atoms with Crippen LogP contribution in [0.5, 0.6) is 0 Å². The molecule has 5 nitrogen and oxygen atoms in total. The van der Waals surface area contributed by atoms with Crippen LogP contribution in [0, 0.1) is 12.7 Å². The van der Waals surface area contributed by atoms with Gasteiger partial charge in [0.1, 0.15) is 22.8 Å². The van der Waals surface area contributed by atoms with E-state index >= 15 is 0 Å². The summed E-state index contributed by atoms with van der Waals surface area (Å²) >= 11 is 6.11. The number of rotatable bonds is 7. The molecule has 28 heavy (non-hydrogen) atoms. The number of halogens is 2. The van der Waals surface area contributed by atoms with Crippen molar-refractivity contribution in [2.24, 2.45) is 0 Å². The van der Waals surface area contributed by atoms with Gasteiger partial charge in [-0.25, -0.2) is 4.39 Å². The monoisotopic (exact) mass is 401 g/mol. The Bertz CT molecular complexity index is 939. The zero-order chi connectivity index (χ0) is 20.1. The Kier molecular flexibility index (Phi) is 6.31. The largest absolute Gasteiger partial charge is 0.375 e. The van der Waals surface area contributed by atoms with E-state index in [1.807, 2.05) is 37.4 Å². The Morgan fingerprint density at radius 2 is 1.96 bits per heavy atom. The van der Waals surface area contributed by atoms with E-state index in [0.29, 0.717) is 12.3 Å². The minimum Gasteiger partial charge on any atom is -0.375 e. The molecule has 0 spiro atoms. The zero-order valence-corrected chi connectivity index (χ0v) is 16.5. The molecule has 0 aliphatic rings. The molecule has 0 radical (unpaired) electrons. The first kappa shape index (κ1) is 19.9. The third kappa shape index (κ3) is 4.34. The fourth-order valence-electron chi connectivity index (χ4n) is 2.95. The summed E-state index contributed by atoms with van der Waals surface area (Å²) in [5.74, 6) is -0.608. The molecule has 1 amide bonds. The third-order valence-corrected chi connectivity index (χ3v) is 4.76. The second-order valence-electron chi connectivity index (χ2n) is 6.43. The topological polar surface area (TPSA) is 58.4 Å². The number of para-hydroxylation sites is 1. The van der Waals surface area contributed by atoms with Gasteiger partial charge in [0.05, 0.1) is 10.6 Å². The normalized spacial score (nSPS) is 10.7. The number of amides is 1. The fourth-order valence-corrected chi connectivity index (χ4v) is 3.20. The molecule has 0 saturated heterocycles. The summed E-state index contributed by atoms with van der Waals surface area (Å²) in [5.41, 5.74) is 1.48. The molecule has 1 N–H and O–H groups in total. The number of anilines is 1. The first-order valence-corrected chi connectivity index (χ1v) is 9.32. The average molecular weight is 402 g/mol. The SMILES string of the molecule is Cc1onc(-c2c(F)cccc2Cl)c1C(=O)NCCCN(C)c1ccccc1. The number of aryl methyl sites for hydroxylation is 1. The molecule has 3 aromatic rings. The Morgan fingerprint density at radius 1 is 1.21 bits per heavy atom. The lowest BCUT2D eigenvalue weighted by Crippen LogP contribution is -2.28. The lowest BCUT2D eigenvalue weighted by Gasteiger charge is -2.19. The van der Waals surface area contributed by atoms with Crippen molar-refractivity contribution in [2.45, 2.75) is 13.3 Å². The van der Waals surface area contributed by atoms with Gasteiger partial charge in [0.25, 0.3) is 5.91 Å². The molecular weight excluding hydrogens is 381 g/mol. The van der Waals surface area contributed by atoms with Crippen LogP contribution in [0.25, 0.3) is 11.3 Å². The lowest BCUT2D eigenvalue weighted by atomic mass is 10.0. The van der Waals surface area contributed by atoms with Crippen molar-refractivity contribution in [1.82, 2.24) is 10.5 Å². The van der Waals surface area contributed by atoms with Gasteiger partial charge >= 0.3 is 0 Å². The van der Waals surface area contributed by atoms with Gasteiger partial charge in [-0.05, 0) is 37.6 Å². The number of nitrogens with one attached hydrogen (secondary N) is 1. The van der Waals surface area contributed by atoms with Crippen molar-refractivity contribution in [1.29, 1.82) is 0 Å². The molecule has 7 heteroatoms.